The Labute approximate surface area is 122 Å². The van der Waals surface area contributed by atoms with Crippen LogP contribution in [0.5, 0.6) is 6.01 Å². The summed E-state index contributed by atoms with van der Waals surface area (Å²) in [5.74, 6) is -0.146. The van der Waals surface area contributed by atoms with Crippen LogP contribution in [0.15, 0.2) is 0 Å². The van der Waals surface area contributed by atoms with Gasteiger partial charge in [-0.15, -0.1) is 0 Å². The smallest absolute Gasteiger partial charge is 0.322 e. The van der Waals surface area contributed by atoms with E-state index in [1.54, 1.807) is 4.90 Å². The molecule has 9 nitrogen and oxygen atoms in total. The van der Waals surface area contributed by atoms with Crippen LogP contribution in [0.3, 0.4) is 0 Å². The molecule has 1 aromatic heterocycles. The van der Waals surface area contributed by atoms with E-state index < -0.39 is 6.04 Å². The summed E-state index contributed by atoms with van der Waals surface area (Å²) in [7, 11) is 1.44. The van der Waals surface area contributed by atoms with Crippen LogP contribution in [-0.2, 0) is 9.59 Å². The van der Waals surface area contributed by atoms with Gasteiger partial charge in [0.05, 0.1) is 7.11 Å². The summed E-state index contributed by atoms with van der Waals surface area (Å²) in [5, 5.41) is 5.27. The van der Waals surface area contributed by atoms with E-state index in [2.05, 4.69) is 25.6 Å². The Morgan fingerprint density at radius 1 is 1.33 bits per heavy atom. The average Bonchev–Trinajstić information content (AvgIpc) is 2.46. The molecule has 2 heterocycles. The molecule has 1 fully saturated rings. The minimum Gasteiger partial charge on any atom is -0.467 e. The van der Waals surface area contributed by atoms with Crippen LogP contribution in [0.2, 0.25) is 0 Å². The standard InChI is InChI=1S/C12H18N6O3/c1-4-7-9(20)14-8(19)6-18(7)11-15-10(13-5-2)16-12(17-11)21-3/h7H,4-6H2,1-3H3,(H,14,19,20)(H,13,15,16,17). The molecular weight excluding hydrogens is 276 g/mol. The van der Waals surface area contributed by atoms with Crippen LogP contribution in [0.1, 0.15) is 20.3 Å². The van der Waals surface area contributed by atoms with Crippen LogP contribution in [0.4, 0.5) is 11.9 Å². The van der Waals surface area contributed by atoms with E-state index in [1.807, 2.05) is 13.8 Å². The molecule has 0 saturated carbocycles. The van der Waals surface area contributed by atoms with Crippen molar-refractivity contribution in [2.45, 2.75) is 26.3 Å². The first-order valence-corrected chi connectivity index (χ1v) is 6.73. The lowest BCUT2D eigenvalue weighted by Crippen LogP contribution is -2.58. The van der Waals surface area contributed by atoms with Gasteiger partial charge >= 0.3 is 6.01 Å². The third-order valence-corrected chi connectivity index (χ3v) is 3.02. The lowest BCUT2D eigenvalue weighted by atomic mass is 10.1. The fourth-order valence-electron chi connectivity index (χ4n) is 2.09. The highest BCUT2D eigenvalue weighted by atomic mass is 16.5. The zero-order chi connectivity index (χ0) is 15.4. The van der Waals surface area contributed by atoms with Gasteiger partial charge in [-0.25, -0.2) is 0 Å². The van der Waals surface area contributed by atoms with E-state index >= 15 is 0 Å². The molecule has 1 unspecified atom stereocenters. The predicted octanol–water partition coefficient (Wildman–Crippen LogP) is -0.447. The molecular formula is C12H18N6O3. The molecule has 0 aromatic carbocycles. The number of nitrogens with one attached hydrogen (secondary N) is 2. The summed E-state index contributed by atoms with van der Waals surface area (Å²) >= 11 is 0. The number of carbonyl (C=O) groups excluding carboxylic acids is 2. The number of hydrogen-bond donors (Lipinski definition) is 2. The molecule has 1 aliphatic heterocycles. The van der Waals surface area contributed by atoms with Gasteiger partial charge in [0.25, 0.3) is 0 Å². The summed E-state index contributed by atoms with van der Waals surface area (Å²) in [6.07, 6.45) is 0.531. The van der Waals surface area contributed by atoms with Gasteiger partial charge in [0.15, 0.2) is 0 Å². The SMILES string of the molecule is CCNc1nc(OC)nc(N2CC(=O)NC(=O)C2CC)n1. The van der Waals surface area contributed by atoms with Crippen molar-refractivity contribution in [3.8, 4) is 6.01 Å². The lowest BCUT2D eigenvalue weighted by Gasteiger charge is -2.33. The van der Waals surface area contributed by atoms with E-state index in [1.165, 1.54) is 7.11 Å². The fraction of sp³-hybridized carbons (Fsp3) is 0.583. The molecule has 21 heavy (non-hydrogen) atoms. The number of aromatic nitrogens is 3. The topological polar surface area (TPSA) is 109 Å². The normalized spacial score (nSPS) is 18.4. The maximum Gasteiger partial charge on any atom is 0.322 e. The molecule has 1 aliphatic rings. The van der Waals surface area contributed by atoms with E-state index in [0.717, 1.165) is 0 Å². The number of rotatable bonds is 5. The van der Waals surface area contributed by atoms with Crippen LogP contribution in [-0.4, -0.2) is 53.0 Å². The van der Waals surface area contributed by atoms with Crippen molar-refractivity contribution < 1.29 is 14.3 Å². The van der Waals surface area contributed by atoms with E-state index in [9.17, 15) is 9.59 Å². The second-order valence-corrected chi connectivity index (χ2v) is 4.44. The van der Waals surface area contributed by atoms with Crippen LogP contribution >= 0.6 is 0 Å². The molecule has 2 N–H and O–H groups in total. The van der Waals surface area contributed by atoms with Crippen LogP contribution < -0.4 is 20.3 Å². The summed E-state index contributed by atoms with van der Waals surface area (Å²) in [6.45, 7) is 4.41. The first-order chi connectivity index (χ1) is 10.1. The zero-order valence-electron chi connectivity index (χ0n) is 12.2. The van der Waals surface area contributed by atoms with Gasteiger partial charge in [-0.05, 0) is 13.3 Å². The van der Waals surface area contributed by atoms with Crippen molar-refractivity contribution in [2.24, 2.45) is 0 Å². The number of methoxy groups -OCH3 is 1. The van der Waals surface area contributed by atoms with Crippen molar-refractivity contribution in [2.75, 3.05) is 30.4 Å². The van der Waals surface area contributed by atoms with Crippen LogP contribution in [0.25, 0.3) is 0 Å². The Bertz CT molecular complexity index is 550. The van der Waals surface area contributed by atoms with Gasteiger partial charge in [-0.1, -0.05) is 6.92 Å². The molecule has 1 atom stereocenters. The Hall–Kier alpha value is -2.45. The molecule has 9 heteroatoms. The number of ether oxygens (including phenoxy) is 1. The van der Waals surface area contributed by atoms with E-state index in [-0.39, 0.29) is 30.3 Å². The van der Waals surface area contributed by atoms with Gasteiger partial charge in [0.1, 0.15) is 12.6 Å². The molecule has 114 valence electrons. The highest BCUT2D eigenvalue weighted by molar-refractivity contribution is 6.04. The summed E-state index contributed by atoms with van der Waals surface area (Å²) in [4.78, 5) is 37.5. The Kier molecular flexibility index (Phi) is 4.51. The van der Waals surface area contributed by atoms with E-state index in [4.69, 9.17) is 4.74 Å². The minimum atomic E-state index is -0.496. The first kappa shape index (κ1) is 14.9. The maximum atomic E-state index is 11.9. The number of amides is 2. The van der Waals surface area contributed by atoms with Crippen LogP contribution in [0, 0.1) is 0 Å². The maximum absolute atomic E-state index is 11.9. The Morgan fingerprint density at radius 3 is 2.71 bits per heavy atom. The molecule has 0 spiro atoms. The lowest BCUT2D eigenvalue weighted by molar-refractivity contribution is -0.133. The number of imide groups is 1. The molecule has 2 amide bonds. The Morgan fingerprint density at radius 2 is 2.10 bits per heavy atom. The van der Waals surface area contributed by atoms with Gasteiger partial charge in [0, 0.05) is 6.54 Å². The number of piperazine rings is 1. The highest BCUT2D eigenvalue weighted by Crippen LogP contribution is 2.20. The van der Waals surface area contributed by atoms with Crippen molar-refractivity contribution in [1.82, 2.24) is 20.3 Å². The van der Waals surface area contributed by atoms with Crippen molar-refractivity contribution in [3.63, 3.8) is 0 Å². The molecule has 0 bridgehead atoms. The number of hydrogen-bond acceptors (Lipinski definition) is 8. The average molecular weight is 294 g/mol. The molecule has 2 rings (SSSR count). The molecule has 1 saturated heterocycles. The van der Waals surface area contributed by atoms with E-state index in [0.29, 0.717) is 18.9 Å². The van der Waals surface area contributed by atoms with Gasteiger partial charge < -0.3 is 15.0 Å². The molecule has 0 aliphatic carbocycles. The van der Waals surface area contributed by atoms with Crippen molar-refractivity contribution in [3.05, 3.63) is 0 Å². The first-order valence-electron chi connectivity index (χ1n) is 6.73. The van der Waals surface area contributed by atoms with Crippen molar-refractivity contribution in [1.29, 1.82) is 0 Å². The van der Waals surface area contributed by atoms with Gasteiger partial charge in [-0.3, -0.25) is 14.9 Å². The monoisotopic (exact) mass is 294 g/mol. The second kappa shape index (κ2) is 6.33. The fourth-order valence-corrected chi connectivity index (χ4v) is 2.09. The minimum absolute atomic E-state index is 0.0168. The highest BCUT2D eigenvalue weighted by Gasteiger charge is 2.34. The Balaban J connectivity index is 2.39. The number of carbonyl (C=O) groups is 2. The second-order valence-electron chi connectivity index (χ2n) is 4.44. The summed E-state index contributed by atoms with van der Waals surface area (Å²) in [6, 6.07) is -0.367. The molecule has 0 radical (unpaired) electrons. The predicted molar refractivity (Wildman–Crippen MR) is 75.1 cm³/mol. The third kappa shape index (κ3) is 3.18. The summed E-state index contributed by atoms with van der Waals surface area (Å²) < 4.78 is 5.04. The quantitative estimate of drug-likeness (QED) is 0.703. The number of anilines is 2. The van der Waals surface area contributed by atoms with Gasteiger partial charge in [0.2, 0.25) is 23.7 Å². The largest absolute Gasteiger partial charge is 0.467 e. The molecule has 1 aromatic rings. The van der Waals surface area contributed by atoms with Gasteiger partial charge in [-0.2, -0.15) is 15.0 Å². The van der Waals surface area contributed by atoms with Crippen molar-refractivity contribution >= 4 is 23.7 Å². The third-order valence-electron chi connectivity index (χ3n) is 3.02. The summed E-state index contributed by atoms with van der Waals surface area (Å²) in [5.41, 5.74) is 0. The zero-order valence-corrected chi connectivity index (χ0v) is 12.2. The number of nitrogens with zero attached hydrogens (tertiary/aromatic N) is 4.